The molecule has 0 radical (unpaired) electrons. The molecule has 0 unspecified atom stereocenters. The lowest BCUT2D eigenvalue weighted by Crippen LogP contribution is -1.94. The molecule has 19 heavy (non-hydrogen) atoms. The van der Waals surface area contributed by atoms with E-state index >= 15 is 0 Å². The van der Waals surface area contributed by atoms with Gasteiger partial charge in [0, 0.05) is 17.0 Å². The molecule has 0 saturated carbocycles. The first-order valence-electron chi connectivity index (χ1n) is 5.98. The first-order chi connectivity index (χ1) is 9.11. The van der Waals surface area contributed by atoms with Crippen LogP contribution in [-0.4, -0.2) is 11.3 Å². The monoisotopic (exact) mass is 255 g/mol. The highest BCUT2D eigenvalue weighted by Crippen LogP contribution is 2.27. The topological polar surface area (TPSA) is 30.0 Å². The SMILES string of the molecule is Cc1cc(-c2ccc(F)cc2)c(C=CC=O)c(C)n1. The molecule has 0 bridgehead atoms. The molecule has 0 aliphatic rings. The third-order valence-electron chi connectivity index (χ3n) is 2.87. The van der Waals surface area contributed by atoms with Crippen LogP contribution in [0.3, 0.4) is 0 Å². The number of allylic oxidation sites excluding steroid dienone is 1. The van der Waals surface area contributed by atoms with Gasteiger partial charge in [0.25, 0.3) is 0 Å². The summed E-state index contributed by atoms with van der Waals surface area (Å²) in [6, 6.07) is 8.23. The van der Waals surface area contributed by atoms with Gasteiger partial charge in [-0.1, -0.05) is 12.1 Å². The van der Waals surface area contributed by atoms with Gasteiger partial charge in [0.05, 0.1) is 0 Å². The van der Waals surface area contributed by atoms with Gasteiger partial charge in [-0.25, -0.2) is 4.39 Å². The van der Waals surface area contributed by atoms with Crippen molar-refractivity contribution in [2.75, 3.05) is 0 Å². The molecule has 0 fully saturated rings. The van der Waals surface area contributed by atoms with E-state index < -0.39 is 0 Å². The molecule has 2 nitrogen and oxygen atoms in total. The Kier molecular flexibility index (Phi) is 3.85. The fourth-order valence-electron chi connectivity index (χ4n) is 2.05. The number of hydrogen-bond donors (Lipinski definition) is 0. The normalized spacial score (nSPS) is 10.9. The average molecular weight is 255 g/mol. The van der Waals surface area contributed by atoms with Gasteiger partial charge in [-0.3, -0.25) is 9.78 Å². The van der Waals surface area contributed by atoms with E-state index in [-0.39, 0.29) is 5.82 Å². The predicted molar refractivity (Wildman–Crippen MR) is 74.2 cm³/mol. The quantitative estimate of drug-likeness (QED) is 0.618. The van der Waals surface area contributed by atoms with Gasteiger partial charge in [0.2, 0.25) is 0 Å². The molecule has 0 aliphatic heterocycles. The van der Waals surface area contributed by atoms with Crippen molar-refractivity contribution in [2.45, 2.75) is 13.8 Å². The maximum Gasteiger partial charge on any atom is 0.142 e. The molecule has 0 N–H and O–H groups in total. The number of aldehydes is 1. The lowest BCUT2D eigenvalue weighted by atomic mass is 9.98. The first-order valence-corrected chi connectivity index (χ1v) is 5.98. The molecule has 0 aliphatic carbocycles. The van der Waals surface area contributed by atoms with Crippen molar-refractivity contribution < 1.29 is 9.18 Å². The molecular weight excluding hydrogens is 241 g/mol. The Balaban J connectivity index is 2.63. The summed E-state index contributed by atoms with van der Waals surface area (Å²) in [4.78, 5) is 14.9. The van der Waals surface area contributed by atoms with Crippen LogP contribution in [0.4, 0.5) is 4.39 Å². The summed E-state index contributed by atoms with van der Waals surface area (Å²) in [5.41, 5.74) is 4.46. The maximum absolute atomic E-state index is 13.0. The summed E-state index contributed by atoms with van der Waals surface area (Å²) >= 11 is 0. The number of carbonyl (C=O) groups is 1. The van der Waals surface area contributed by atoms with E-state index in [0.29, 0.717) is 0 Å². The zero-order valence-electron chi connectivity index (χ0n) is 10.9. The van der Waals surface area contributed by atoms with Crippen molar-refractivity contribution in [1.29, 1.82) is 0 Å². The number of nitrogens with zero attached hydrogens (tertiary/aromatic N) is 1. The molecule has 1 heterocycles. The number of rotatable bonds is 3. The standard InChI is InChI=1S/C16H14FNO/c1-11-10-16(13-5-7-14(17)8-6-13)15(4-3-9-19)12(2)18-11/h3-10H,1-2H3. The van der Waals surface area contributed by atoms with Gasteiger partial charge >= 0.3 is 0 Å². The Morgan fingerprint density at radius 2 is 1.84 bits per heavy atom. The van der Waals surface area contributed by atoms with E-state index in [1.165, 1.54) is 18.2 Å². The first kappa shape index (κ1) is 13.1. The lowest BCUT2D eigenvalue weighted by molar-refractivity contribution is -0.104. The van der Waals surface area contributed by atoms with Crippen LogP contribution < -0.4 is 0 Å². The molecule has 0 saturated heterocycles. The Morgan fingerprint density at radius 1 is 1.16 bits per heavy atom. The number of pyridine rings is 1. The number of benzene rings is 1. The highest BCUT2D eigenvalue weighted by molar-refractivity contribution is 5.82. The Bertz CT molecular complexity index is 630. The lowest BCUT2D eigenvalue weighted by Gasteiger charge is -2.10. The van der Waals surface area contributed by atoms with E-state index in [0.717, 1.165) is 34.4 Å². The molecular formula is C16H14FNO. The Labute approximate surface area is 111 Å². The smallest absolute Gasteiger partial charge is 0.142 e. The van der Waals surface area contributed by atoms with Gasteiger partial charge in [-0.15, -0.1) is 0 Å². The van der Waals surface area contributed by atoms with Crippen LogP contribution in [-0.2, 0) is 4.79 Å². The summed E-state index contributed by atoms with van der Waals surface area (Å²) < 4.78 is 13.0. The molecule has 0 amide bonds. The third-order valence-corrected chi connectivity index (χ3v) is 2.87. The van der Waals surface area contributed by atoms with Crippen LogP contribution in [0.15, 0.2) is 36.4 Å². The van der Waals surface area contributed by atoms with E-state index in [1.807, 2.05) is 19.9 Å². The van der Waals surface area contributed by atoms with Gasteiger partial charge < -0.3 is 0 Å². The summed E-state index contributed by atoms with van der Waals surface area (Å²) in [5, 5.41) is 0. The Morgan fingerprint density at radius 3 is 2.47 bits per heavy atom. The summed E-state index contributed by atoms with van der Waals surface area (Å²) in [6.45, 7) is 3.80. The van der Waals surface area contributed by atoms with Crippen molar-refractivity contribution in [3.8, 4) is 11.1 Å². The zero-order valence-corrected chi connectivity index (χ0v) is 10.9. The summed E-state index contributed by atoms with van der Waals surface area (Å²) in [7, 11) is 0. The molecule has 2 rings (SSSR count). The fraction of sp³-hybridized carbons (Fsp3) is 0.125. The van der Waals surface area contributed by atoms with E-state index in [9.17, 15) is 9.18 Å². The van der Waals surface area contributed by atoms with Crippen molar-refractivity contribution in [3.63, 3.8) is 0 Å². The van der Waals surface area contributed by atoms with Crippen molar-refractivity contribution in [3.05, 3.63) is 59.2 Å². The van der Waals surface area contributed by atoms with Crippen LogP contribution in [0.1, 0.15) is 17.0 Å². The van der Waals surface area contributed by atoms with E-state index in [4.69, 9.17) is 0 Å². The van der Waals surface area contributed by atoms with Gasteiger partial charge in [0.1, 0.15) is 12.1 Å². The van der Waals surface area contributed by atoms with Crippen molar-refractivity contribution in [1.82, 2.24) is 4.98 Å². The average Bonchev–Trinajstić information content (AvgIpc) is 2.38. The van der Waals surface area contributed by atoms with E-state index in [1.54, 1.807) is 18.2 Å². The second kappa shape index (κ2) is 5.57. The minimum Gasteiger partial charge on any atom is -0.299 e. The van der Waals surface area contributed by atoms with Gasteiger partial charge in [0.15, 0.2) is 0 Å². The minimum absolute atomic E-state index is 0.267. The largest absolute Gasteiger partial charge is 0.299 e. The van der Waals surface area contributed by atoms with Crippen molar-refractivity contribution >= 4 is 12.4 Å². The van der Waals surface area contributed by atoms with E-state index in [2.05, 4.69) is 4.98 Å². The second-order valence-electron chi connectivity index (χ2n) is 4.31. The molecule has 2 aromatic rings. The number of aromatic nitrogens is 1. The molecule has 0 atom stereocenters. The zero-order chi connectivity index (χ0) is 13.8. The van der Waals surface area contributed by atoms with Gasteiger partial charge in [-0.2, -0.15) is 0 Å². The van der Waals surface area contributed by atoms with Crippen LogP contribution in [0.25, 0.3) is 17.2 Å². The molecule has 1 aromatic heterocycles. The number of halogens is 1. The summed E-state index contributed by atoms with van der Waals surface area (Å²) in [6.07, 6.45) is 3.90. The van der Waals surface area contributed by atoms with Crippen LogP contribution >= 0.6 is 0 Å². The third kappa shape index (κ3) is 2.94. The minimum atomic E-state index is -0.267. The summed E-state index contributed by atoms with van der Waals surface area (Å²) in [5.74, 6) is -0.267. The second-order valence-corrected chi connectivity index (χ2v) is 4.31. The molecule has 0 spiro atoms. The van der Waals surface area contributed by atoms with Crippen molar-refractivity contribution in [2.24, 2.45) is 0 Å². The Hall–Kier alpha value is -2.29. The molecule has 96 valence electrons. The van der Waals surface area contributed by atoms with Crippen LogP contribution in [0.5, 0.6) is 0 Å². The van der Waals surface area contributed by atoms with Crippen LogP contribution in [0, 0.1) is 19.7 Å². The number of carbonyl (C=O) groups excluding carboxylic acids is 1. The molecule has 3 heteroatoms. The highest BCUT2D eigenvalue weighted by atomic mass is 19.1. The fourth-order valence-corrected chi connectivity index (χ4v) is 2.05. The maximum atomic E-state index is 13.0. The van der Waals surface area contributed by atoms with Gasteiger partial charge in [-0.05, 0) is 55.3 Å². The predicted octanol–water partition coefficient (Wildman–Crippen LogP) is 3.72. The van der Waals surface area contributed by atoms with Crippen LogP contribution in [0.2, 0.25) is 0 Å². The number of hydrogen-bond acceptors (Lipinski definition) is 2. The molecule has 1 aromatic carbocycles. The highest BCUT2D eigenvalue weighted by Gasteiger charge is 2.08. The number of aryl methyl sites for hydroxylation is 2.